The topological polar surface area (TPSA) is 55.4 Å². The van der Waals surface area contributed by atoms with Gasteiger partial charge in [-0.25, -0.2) is 4.39 Å². The first kappa shape index (κ1) is 16.3. The zero-order chi connectivity index (χ0) is 18.3. The summed E-state index contributed by atoms with van der Waals surface area (Å²) in [5.74, 6) is 0.900. The minimum Gasteiger partial charge on any atom is -0.364 e. The van der Waals surface area contributed by atoms with Gasteiger partial charge in [-0.3, -0.25) is 13.8 Å². The van der Waals surface area contributed by atoms with Crippen molar-refractivity contribution in [2.75, 3.05) is 11.4 Å². The first-order chi connectivity index (χ1) is 12.6. The molecule has 0 radical (unpaired) electrons. The van der Waals surface area contributed by atoms with Crippen molar-refractivity contribution in [3.63, 3.8) is 0 Å². The molecule has 2 aromatic carbocycles. The Hall–Kier alpha value is -3.22. The van der Waals surface area contributed by atoms with Crippen molar-refractivity contribution in [1.82, 2.24) is 19.2 Å². The minimum atomic E-state index is -0.278. The number of para-hydroxylation sites is 1. The highest BCUT2D eigenvalue weighted by atomic mass is 19.1. The number of aryl methyl sites for hydroxylation is 1. The van der Waals surface area contributed by atoms with Crippen LogP contribution in [0.15, 0.2) is 53.3 Å². The van der Waals surface area contributed by atoms with Crippen LogP contribution >= 0.6 is 0 Å². The number of hydrogen-bond donors (Lipinski definition) is 0. The van der Waals surface area contributed by atoms with Gasteiger partial charge in [-0.15, -0.1) is 10.2 Å². The highest BCUT2D eigenvalue weighted by Gasteiger charge is 2.16. The number of fused-ring (bicyclic) bond motifs is 3. The number of hydrogen-bond acceptors (Lipinski definition) is 4. The van der Waals surface area contributed by atoms with E-state index in [4.69, 9.17) is 0 Å². The van der Waals surface area contributed by atoms with E-state index in [0.29, 0.717) is 30.1 Å². The third-order valence-corrected chi connectivity index (χ3v) is 4.58. The quantitative estimate of drug-likeness (QED) is 0.567. The fraction of sp³-hybridized carbons (Fsp3) is 0.211. The molecule has 7 heteroatoms. The van der Waals surface area contributed by atoms with Crippen LogP contribution in [0.3, 0.4) is 0 Å². The maximum absolute atomic E-state index is 13.6. The molecule has 4 rings (SSSR count). The van der Waals surface area contributed by atoms with E-state index in [1.54, 1.807) is 19.2 Å². The summed E-state index contributed by atoms with van der Waals surface area (Å²) in [6.45, 7) is 3.13. The largest absolute Gasteiger partial charge is 0.364 e. The standard InChI is InChI=1S/C19H18FN5O/c1-3-24(14-8-6-7-13(20)11-14)12-17-21-22-19-23(2)18(26)15-9-4-5-10-16(15)25(17)19/h4-11H,3,12H2,1-2H3. The normalized spacial score (nSPS) is 11.3. The first-order valence-corrected chi connectivity index (χ1v) is 8.42. The van der Waals surface area contributed by atoms with Gasteiger partial charge in [0.1, 0.15) is 5.82 Å². The van der Waals surface area contributed by atoms with Crippen LogP contribution in [0, 0.1) is 5.82 Å². The van der Waals surface area contributed by atoms with Crippen molar-refractivity contribution in [2.24, 2.45) is 7.05 Å². The molecular formula is C19H18FN5O. The van der Waals surface area contributed by atoms with Gasteiger partial charge in [0.05, 0.1) is 17.4 Å². The number of rotatable bonds is 4. The van der Waals surface area contributed by atoms with Crippen LogP contribution < -0.4 is 10.5 Å². The molecular weight excluding hydrogens is 333 g/mol. The van der Waals surface area contributed by atoms with Gasteiger partial charge in [0.25, 0.3) is 5.56 Å². The van der Waals surface area contributed by atoms with Crippen molar-refractivity contribution < 1.29 is 4.39 Å². The zero-order valence-electron chi connectivity index (χ0n) is 14.6. The van der Waals surface area contributed by atoms with Crippen molar-refractivity contribution >= 4 is 22.4 Å². The average molecular weight is 351 g/mol. The van der Waals surface area contributed by atoms with Crippen LogP contribution in [0.25, 0.3) is 16.7 Å². The Kier molecular flexibility index (Phi) is 3.91. The molecule has 0 bridgehead atoms. The molecule has 6 nitrogen and oxygen atoms in total. The number of aromatic nitrogens is 4. The molecule has 0 aliphatic rings. The van der Waals surface area contributed by atoms with Crippen LogP contribution in [0.5, 0.6) is 0 Å². The number of halogens is 1. The molecule has 0 fully saturated rings. The van der Waals surface area contributed by atoms with E-state index < -0.39 is 0 Å². The lowest BCUT2D eigenvalue weighted by Gasteiger charge is -2.22. The number of anilines is 1. The van der Waals surface area contributed by atoms with Gasteiger partial charge in [0.15, 0.2) is 5.82 Å². The summed E-state index contributed by atoms with van der Waals surface area (Å²) >= 11 is 0. The van der Waals surface area contributed by atoms with E-state index in [0.717, 1.165) is 11.2 Å². The highest BCUT2D eigenvalue weighted by molar-refractivity contribution is 5.80. The molecule has 0 aliphatic carbocycles. The molecule has 0 saturated carbocycles. The third-order valence-electron chi connectivity index (χ3n) is 4.58. The Morgan fingerprint density at radius 3 is 2.69 bits per heavy atom. The van der Waals surface area contributed by atoms with Gasteiger partial charge in [0, 0.05) is 19.3 Å². The second-order valence-electron chi connectivity index (χ2n) is 6.13. The monoisotopic (exact) mass is 351 g/mol. The average Bonchev–Trinajstić information content (AvgIpc) is 3.08. The first-order valence-electron chi connectivity index (χ1n) is 8.42. The predicted octanol–water partition coefficient (Wildman–Crippen LogP) is 2.75. The van der Waals surface area contributed by atoms with Crippen LogP contribution in [-0.2, 0) is 13.6 Å². The molecule has 0 saturated heterocycles. The minimum absolute atomic E-state index is 0.107. The summed E-state index contributed by atoms with van der Waals surface area (Å²) in [7, 11) is 1.69. The highest BCUT2D eigenvalue weighted by Crippen LogP contribution is 2.20. The van der Waals surface area contributed by atoms with Crippen LogP contribution in [0.2, 0.25) is 0 Å². The van der Waals surface area contributed by atoms with E-state index in [1.165, 1.54) is 16.7 Å². The summed E-state index contributed by atoms with van der Waals surface area (Å²) in [5, 5.41) is 9.11. The zero-order valence-corrected chi connectivity index (χ0v) is 14.6. The van der Waals surface area contributed by atoms with Gasteiger partial charge >= 0.3 is 0 Å². The Bertz CT molecular complexity index is 1160. The fourth-order valence-electron chi connectivity index (χ4n) is 3.22. The maximum atomic E-state index is 13.6. The lowest BCUT2D eigenvalue weighted by Crippen LogP contribution is -2.25. The molecule has 0 unspecified atom stereocenters. The molecule has 0 spiro atoms. The predicted molar refractivity (Wildman–Crippen MR) is 98.9 cm³/mol. The lowest BCUT2D eigenvalue weighted by molar-refractivity contribution is 0.626. The maximum Gasteiger partial charge on any atom is 0.262 e. The second kappa shape index (κ2) is 6.25. The fourth-order valence-corrected chi connectivity index (χ4v) is 3.22. The third kappa shape index (κ3) is 2.52. The van der Waals surface area contributed by atoms with Crippen LogP contribution in [0.4, 0.5) is 10.1 Å². The van der Waals surface area contributed by atoms with Crippen molar-refractivity contribution in [3.8, 4) is 0 Å². The van der Waals surface area contributed by atoms with Crippen LogP contribution in [-0.4, -0.2) is 25.7 Å². The summed E-state index contributed by atoms with van der Waals surface area (Å²) in [5.41, 5.74) is 1.43. The molecule has 0 atom stereocenters. The van der Waals surface area contributed by atoms with Crippen molar-refractivity contribution in [1.29, 1.82) is 0 Å². The molecule has 0 N–H and O–H groups in total. The van der Waals surface area contributed by atoms with E-state index in [-0.39, 0.29) is 11.4 Å². The smallest absolute Gasteiger partial charge is 0.262 e. The molecule has 2 heterocycles. The number of nitrogens with zero attached hydrogens (tertiary/aromatic N) is 5. The van der Waals surface area contributed by atoms with Crippen molar-refractivity contribution in [3.05, 3.63) is 70.5 Å². The van der Waals surface area contributed by atoms with Crippen LogP contribution in [0.1, 0.15) is 12.7 Å². The molecule has 0 amide bonds. The summed E-state index contributed by atoms with van der Waals surface area (Å²) < 4.78 is 17.0. The Labute approximate surface area is 149 Å². The van der Waals surface area contributed by atoms with Gasteiger partial charge in [-0.1, -0.05) is 18.2 Å². The summed E-state index contributed by atoms with van der Waals surface area (Å²) in [6.07, 6.45) is 0. The van der Waals surface area contributed by atoms with E-state index in [1.807, 2.05) is 40.5 Å². The summed E-state index contributed by atoms with van der Waals surface area (Å²) in [6, 6.07) is 13.9. The summed E-state index contributed by atoms with van der Waals surface area (Å²) in [4.78, 5) is 14.5. The number of benzene rings is 2. The molecule has 0 aliphatic heterocycles. The SMILES string of the molecule is CCN(Cc1nnc2n(C)c(=O)c3ccccc3n12)c1cccc(F)c1. The van der Waals surface area contributed by atoms with Gasteiger partial charge in [-0.05, 0) is 37.3 Å². The van der Waals surface area contributed by atoms with E-state index >= 15 is 0 Å². The Morgan fingerprint density at radius 1 is 1.12 bits per heavy atom. The molecule has 26 heavy (non-hydrogen) atoms. The van der Waals surface area contributed by atoms with Gasteiger partial charge < -0.3 is 4.90 Å². The van der Waals surface area contributed by atoms with E-state index in [9.17, 15) is 9.18 Å². The Balaban J connectivity index is 1.88. The van der Waals surface area contributed by atoms with Gasteiger partial charge in [-0.2, -0.15) is 0 Å². The lowest BCUT2D eigenvalue weighted by atomic mass is 10.2. The Morgan fingerprint density at radius 2 is 1.92 bits per heavy atom. The molecule has 2 aromatic heterocycles. The molecule has 132 valence electrons. The second-order valence-corrected chi connectivity index (χ2v) is 6.13. The van der Waals surface area contributed by atoms with Gasteiger partial charge in [0.2, 0.25) is 5.78 Å². The van der Waals surface area contributed by atoms with Crippen molar-refractivity contribution in [2.45, 2.75) is 13.5 Å². The molecule has 4 aromatic rings. The van der Waals surface area contributed by atoms with E-state index in [2.05, 4.69) is 10.2 Å².